The minimum Gasteiger partial charge on any atom is -0.465 e. The lowest BCUT2D eigenvalue weighted by atomic mass is 10.1. The molecule has 0 bridgehead atoms. The second-order valence-electron chi connectivity index (χ2n) is 5.32. The number of hydrogen-bond acceptors (Lipinski definition) is 4. The quantitative estimate of drug-likeness (QED) is 0.854. The summed E-state index contributed by atoms with van der Waals surface area (Å²) < 4.78 is 31.9. The minimum absolute atomic E-state index is 0.164. The van der Waals surface area contributed by atoms with Gasteiger partial charge in [0.05, 0.1) is 24.1 Å². The highest BCUT2D eigenvalue weighted by molar-refractivity contribution is 7.91. The Hall–Kier alpha value is -2.34. The number of sulfonamides is 1. The highest BCUT2D eigenvalue weighted by Crippen LogP contribution is 2.22. The molecular formula is C17H19NO4S. The SMILES string of the molecule is COC(=O)c1ccc(CS(=O)(=O)Nc2c(C)cccc2C)cc1. The molecule has 23 heavy (non-hydrogen) atoms. The molecule has 0 saturated carbocycles. The summed E-state index contributed by atoms with van der Waals surface area (Å²) in [5.41, 5.74) is 3.33. The molecular weight excluding hydrogens is 314 g/mol. The van der Waals surface area contributed by atoms with E-state index in [-0.39, 0.29) is 5.75 Å². The molecule has 5 nitrogen and oxygen atoms in total. The Labute approximate surface area is 136 Å². The fourth-order valence-electron chi connectivity index (χ4n) is 2.24. The van der Waals surface area contributed by atoms with Crippen molar-refractivity contribution >= 4 is 21.7 Å². The Kier molecular flexibility index (Phi) is 5.05. The molecule has 6 heteroatoms. The van der Waals surface area contributed by atoms with Crippen molar-refractivity contribution in [1.82, 2.24) is 0 Å². The molecule has 0 unspecified atom stereocenters. The van der Waals surface area contributed by atoms with Gasteiger partial charge in [-0.05, 0) is 42.7 Å². The van der Waals surface area contributed by atoms with Crippen LogP contribution in [0.4, 0.5) is 5.69 Å². The maximum atomic E-state index is 12.3. The fraction of sp³-hybridized carbons (Fsp3) is 0.235. The van der Waals surface area contributed by atoms with Gasteiger partial charge in [0.2, 0.25) is 10.0 Å². The van der Waals surface area contributed by atoms with Crippen LogP contribution in [0.2, 0.25) is 0 Å². The van der Waals surface area contributed by atoms with E-state index in [1.165, 1.54) is 7.11 Å². The number of benzene rings is 2. The molecule has 0 aliphatic rings. The van der Waals surface area contributed by atoms with Crippen molar-refractivity contribution in [2.75, 3.05) is 11.8 Å². The number of nitrogens with one attached hydrogen (secondary N) is 1. The summed E-state index contributed by atoms with van der Waals surface area (Å²) in [7, 11) is -2.24. The van der Waals surface area contributed by atoms with E-state index in [1.54, 1.807) is 24.3 Å². The first-order chi connectivity index (χ1) is 10.8. The normalized spacial score (nSPS) is 11.1. The number of carbonyl (C=O) groups is 1. The lowest BCUT2D eigenvalue weighted by Crippen LogP contribution is -2.16. The van der Waals surface area contributed by atoms with Gasteiger partial charge < -0.3 is 4.74 Å². The number of esters is 1. The maximum absolute atomic E-state index is 12.3. The van der Waals surface area contributed by atoms with Gasteiger partial charge in [-0.25, -0.2) is 13.2 Å². The average molecular weight is 333 g/mol. The standard InChI is InChI=1S/C17H19NO4S/c1-12-5-4-6-13(2)16(12)18-23(20,21)11-14-7-9-15(10-8-14)17(19)22-3/h4-10,18H,11H2,1-3H3. The number of ether oxygens (including phenoxy) is 1. The van der Waals surface area contributed by atoms with E-state index in [9.17, 15) is 13.2 Å². The van der Waals surface area contributed by atoms with E-state index in [0.717, 1.165) is 11.1 Å². The second kappa shape index (κ2) is 6.83. The highest BCUT2D eigenvalue weighted by Gasteiger charge is 2.15. The van der Waals surface area contributed by atoms with Crippen molar-refractivity contribution in [2.45, 2.75) is 19.6 Å². The van der Waals surface area contributed by atoms with E-state index in [4.69, 9.17) is 0 Å². The third-order valence-corrected chi connectivity index (χ3v) is 4.70. The molecule has 0 radical (unpaired) electrons. The average Bonchev–Trinajstić information content (AvgIpc) is 2.51. The third kappa shape index (κ3) is 4.32. The molecule has 122 valence electrons. The van der Waals surface area contributed by atoms with Gasteiger partial charge in [0.25, 0.3) is 0 Å². The highest BCUT2D eigenvalue weighted by atomic mass is 32.2. The summed E-state index contributed by atoms with van der Waals surface area (Å²) in [6.07, 6.45) is 0. The van der Waals surface area contributed by atoms with E-state index >= 15 is 0 Å². The van der Waals surface area contributed by atoms with E-state index in [1.807, 2.05) is 32.0 Å². The Morgan fingerprint density at radius 3 is 2.13 bits per heavy atom. The predicted molar refractivity (Wildman–Crippen MR) is 89.9 cm³/mol. The zero-order valence-electron chi connectivity index (χ0n) is 13.3. The van der Waals surface area contributed by atoms with Gasteiger partial charge >= 0.3 is 5.97 Å². The van der Waals surface area contributed by atoms with Crippen molar-refractivity contribution in [3.05, 3.63) is 64.7 Å². The van der Waals surface area contributed by atoms with E-state index in [2.05, 4.69) is 9.46 Å². The smallest absolute Gasteiger partial charge is 0.337 e. The third-order valence-electron chi connectivity index (χ3n) is 3.47. The van der Waals surface area contributed by atoms with Gasteiger partial charge in [-0.2, -0.15) is 0 Å². The van der Waals surface area contributed by atoms with Crippen molar-refractivity contribution in [2.24, 2.45) is 0 Å². The van der Waals surface area contributed by atoms with E-state index in [0.29, 0.717) is 16.8 Å². The molecule has 0 aromatic heterocycles. The first-order valence-electron chi connectivity index (χ1n) is 7.06. The van der Waals surface area contributed by atoms with Gasteiger partial charge in [0.15, 0.2) is 0 Å². The summed E-state index contributed by atoms with van der Waals surface area (Å²) in [5.74, 6) is -0.615. The molecule has 0 spiro atoms. The number of para-hydroxylation sites is 1. The Morgan fingerprint density at radius 1 is 1.04 bits per heavy atom. The van der Waals surface area contributed by atoms with Crippen LogP contribution < -0.4 is 4.72 Å². The lowest BCUT2D eigenvalue weighted by Gasteiger charge is -2.13. The van der Waals surface area contributed by atoms with Gasteiger partial charge in [-0.1, -0.05) is 30.3 Å². The number of rotatable bonds is 5. The molecule has 2 aromatic rings. The van der Waals surface area contributed by atoms with Gasteiger partial charge in [-0.15, -0.1) is 0 Å². The molecule has 0 aliphatic carbocycles. The molecule has 2 aromatic carbocycles. The van der Waals surface area contributed by atoms with Crippen molar-refractivity contribution < 1.29 is 17.9 Å². The number of methoxy groups -OCH3 is 1. The number of hydrogen-bond donors (Lipinski definition) is 1. The zero-order chi connectivity index (χ0) is 17.0. The van der Waals surface area contributed by atoms with Crippen LogP contribution in [0.3, 0.4) is 0 Å². The molecule has 2 rings (SSSR count). The monoisotopic (exact) mass is 333 g/mol. The van der Waals surface area contributed by atoms with Gasteiger partial charge in [0, 0.05) is 0 Å². The van der Waals surface area contributed by atoms with Crippen LogP contribution >= 0.6 is 0 Å². The van der Waals surface area contributed by atoms with Crippen molar-refractivity contribution in [1.29, 1.82) is 0 Å². The first-order valence-corrected chi connectivity index (χ1v) is 8.71. The topological polar surface area (TPSA) is 72.5 Å². The molecule has 0 atom stereocenters. The van der Waals surface area contributed by atoms with Crippen LogP contribution in [0.15, 0.2) is 42.5 Å². The Bertz CT molecular complexity index is 791. The molecule has 0 aliphatic heterocycles. The molecule has 0 saturated heterocycles. The van der Waals surface area contributed by atoms with Gasteiger partial charge in [-0.3, -0.25) is 4.72 Å². The summed E-state index contributed by atoms with van der Waals surface area (Å²) >= 11 is 0. The van der Waals surface area contributed by atoms with Crippen LogP contribution in [0.25, 0.3) is 0 Å². The number of aryl methyl sites for hydroxylation is 2. The summed E-state index contributed by atoms with van der Waals surface area (Å²) in [6.45, 7) is 3.71. The summed E-state index contributed by atoms with van der Waals surface area (Å²) in [6, 6.07) is 11.9. The van der Waals surface area contributed by atoms with Crippen LogP contribution in [0.5, 0.6) is 0 Å². The molecule has 0 amide bonds. The van der Waals surface area contributed by atoms with E-state index < -0.39 is 16.0 Å². The molecule has 0 fully saturated rings. The number of anilines is 1. The van der Waals surface area contributed by atoms with Crippen LogP contribution in [-0.2, 0) is 20.5 Å². The maximum Gasteiger partial charge on any atom is 0.337 e. The fourth-order valence-corrected chi connectivity index (χ4v) is 3.58. The van der Waals surface area contributed by atoms with Gasteiger partial charge in [0.1, 0.15) is 0 Å². The number of carbonyl (C=O) groups excluding carboxylic acids is 1. The predicted octanol–water partition coefficient (Wildman–Crippen LogP) is 3.03. The Balaban J connectivity index is 2.17. The summed E-state index contributed by atoms with van der Waals surface area (Å²) in [4.78, 5) is 11.4. The van der Waals surface area contributed by atoms with Crippen LogP contribution in [0.1, 0.15) is 27.0 Å². The first kappa shape index (κ1) is 17.0. The van der Waals surface area contributed by atoms with Crippen LogP contribution in [-0.4, -0.2) is 21.5 Å². The van der Waals surface area contributed by atoms with Crippen molar-refractivity contribution in [3.8, 4) is 0 Å². The van der Waals surface area contributed by atoms with Crippen LogP contribution in [0, 0.1) is 13.8 Å². The minimum atomic E-state index is -3.54. The molecule has 1 N–H and O–H groups in total. The lowest BCUT2D eigenvalue weighted by molar-refractivity contribution is 0.0600. The molecule has 0 heterocycles. The summed E-state index contributed by atoms with van der Waals surface area (Å²) in [5, 5.41) is 0. The second-order valence-corrected chi connectivity index (χ2v) is 7.04. The zero-order valence-corrected chi connectivity index (χ0v) is 14.1. The Morgan fingerprint density at radius 2 is 1.61 bits per heavy atom. The van der Waals surface area contributed by atoms with Crippen molar-refractivity contribution in [3.63, 3.8) is 0 Å². The largest absolute Gasteiger partial charge is 0.465 e.